The summed E-state index contributed by atoms with van der Waals surface area (Å²) in [5.41, 5.74) is 7.73. The molecule has 1 aromatic heterocycles. The van der Waals surface area contributed by atoms with Gasteiger partial charge in [-0.15, -0.1) is 0 Å². The standard InChI is InChI=1S/C15H13N3O3S/c16-15(19)13-8-11(6-10-4-5-18-14(10)13)9-2-1-3-12(7-9)22(17,20)21/h1-8,18H,(H2,16,19)(H2,17,20,21). The van der Waals surface area contributed by atoms with Crippen LogP contribution in [0.3, 0.4) is 0 Å². The molecule has 112 valence electrons. The van der Waals surface area contributed by atoms with E-state index in [0.717, 1.165) is 5.39 Å². The minimum absolute atomic E-state index is 0.0137. The molecule has 0 unspecified atom stereocenters. The van der Waals surface area contributed by atoms with Gasteiger partial charge in [0, 0.05) is 11.6 Å². The molecular formula is C15H13N3O3S. The van der Waals surface area contributed by atoms with E-state index in [0.29, 0.717) is 22.2 Å². The molecule has 0 atom stereocenters. The SMILES string of the molecule is NC(=O)c1cc(-c2cccc(S(N)(=O)=O)c2)cc2cc[nH]c12. The Bertz CT molecular complexity index is 990. The average Bonchev–Trinajstić information content (AvgIpc) is 2.93. The number of primary sulfonamides is 1. The minimum Gasteiger partial charge on any atom is -0.366 e. The third-order valence-electron chi connectivity index (χ3n) is 3.42. The molecule has 3 aromatic rings. The Morgan fingerprint density at radius 3 is 2.50 bits per heavy atom. The summed E-state index contributed by atoms with van der Waals surface area (Å²) in [5, 5.41) is 5.96. The summed E-state index contributed by atoms with van der Waals surface area (Å²) in [7, 11) is -3.79. The Hall–Kier alpha value is -2.64. The van der Waals surface area contributed by atoms with E-state index < -0.39 is 15.9 Å². The molecule has 0 saturated heterocycles. The zero-order valence-corrected chi connectivity index (χ0v) is 12.2. The predicted octanol–water partition coefficient (Wildman–Crippen LogP) is 1.58. The second kappa shape index (κ2) is 4.97. The molecule has 0 aliphatic carbocycles. The lowest BCUT2D eigenvalue weighted by Crippen LogP contribution is -2.12. The maximum Gasteiger partial charge on any atom is 0.250 e. The number of benzene rings is 2. The number of fused-ring (bicyclic) bond motifs is 1. The molecule has 2 aromatic carbocycles. The van der Waals surface area contributed by atoms with Crippen LogP contribution in [0.1, 0.15) is 10.4 Å². The van der Waals surface area contributed by atoms with Crippen LogP contribution in [0.25, 0.3) is 22.0 Å². The molecule has 1 heterocycles. The molecular weight excluding hydrogens is 302 g/mol. The van der Waals surface area contributed by atoms with E-state index in [9.17, 15) is 13.2 Å². The number of aromatic amines is 1. The molecule has 0 spiro atoms. The topological polar surface area (TPSA) is 119 Å². The Labute approximate surface area is 126 Å². The summed E-state index contributed by atoms with van der Waals surface area (Å²) in [5.74, 6) is -0.558. The number of hydrogen-bond donors (Lipinski definition) is 3. The van der Waals surface area contributed by atoms with Gasteiger partial charge >= 0.3 is 0 Å². The number of nitrogens with one attached hydrogen (secondary N) is 1. The zero-order valence-electron chi connectivity index (χ0n) is 11.4. The largest absolute Gasteiger partial charge is 0.366 e. The first-order valence-corrected chi connectivity index (χ1v) is 7.95. The van der Waals surface area contributed by atoms with E-state index >= 15 is 0 Å². The molecule has 0 radical (unpaired) electrons. The van der Waals surface area contributed by atoms with Gasteiger partial charge < -0.3 is 10.7 Å². The van der Waals surface area contributed by atoms with Crippen LogP contribution in [-0.4, -0.2) is 19.3 Å². The minimum atomic E-state index is -3.79. The van der Waals surface area contributed by atoms with Crippen molar-refractivity contribution in [3.05, 3.63) is 54.2 Å². The van der Waals surface area contributed by atoms with Crippen molar-refractivity contribution in [2.75, 3.05) is 0 Å². The average molecular weight is 315 g/mol. The molecule has 3 rings (SSSR count). The maximum atomic E-state index is 11.6. The molecule has 0 fully saturated rings. The number of aromatic nitrogens is 1. The van der Waals surface area contributed by atoms with Crippen molar-refractivity contribution in [1.29, 1.82) is 0 Å². The number of nitrogens with two attached hydrogens (primary N) is 2. The lowest BCUT2D eigenvalue weighted by molar-refractivity contribution is 0.100. The van der Waals surface area contributed by atoms with E-state index in [1.54, 1.807) is 24.4 Å². The maximum absolute atomic E-state index is 11.6. The van der Waals surface area contributed by atoms with Gasteiger partial charge in [-0.05, 0) is 41.5 Å². The normalized spacial score (nSPS) is 11.7. The van der Waals surface area contributed by atoms with Crippen molar-refractivity contribution in [3.63, 3.8) is 0 Å². The van der Waals surface area contributed by atoms with Gasteiger partial charge in [-0.25, -0.2) is 13.6 Å². The molecule has 22 heavy (non-hydrogen) atoms. The highest BCUT2D eigenvalue weighted by molar-refractivity contribution is 7.89. The van der Waals surface area contributed by atoms with Gasteiger partial charge in [0.2, 0.25) is 10.0 Å². The van der Waals surface area contributed by atoms with E-state index in [1.165, 1.54) is 12.1 Å². The lowest BCUT2D eigenvalue weighted by atomic mass is 10.0. The number of sulfonamides is 1. The van der Waals surface area contributed by atoms with Crippen molar-refractivity contribution < 1.29 is 13.2 Å². The van der Waals surface area contributed by atoms with Crippen molar-refractivity contribution in [1.82, 2.24) is 4.98 Å². The van der Waals surface area contributed by atoms with E-state index in [4.69, 9.17) is 10.9 Å². The molecule has 0 aliphatic heterocycles. The van der Waals surface area contributed by atoms with Crippen LogP contribution in [-0.2, 0) is 10.0 Å². The third-order valence-corrected chi connectivity index (χ3v) is 4.33. The fourth-order valence-electron chi connectivity index (χ4n) is 2.39. The van der Waals surface area contributed by atoms with E-state index in [-0.39, 0.29) is 4.90 Å². The van der Waals surface area contributed by atoms with Gasteiger partial charge in [-0.1, -0.05) is 12.1 Å². The van der Waals surface area contributed by atoms with Crippen LogP contribution in [0.15, 0.2) is 53.6 Å². The lowest BCUT2D eigenvalue weighted by Gasteiger charge is -2.07. The number of rotatable bonds is 3. The molecule has 6 nitrogen and oxygen atoms in total. The summed E-state index contributed by atoms with van der Waals surface area (Å²) < 4.78 is 22.9. The highest BCUT2D eigenvalue weighted by atomic mass is 32.2. The smallest absolute Gasteiger partial charge is 0.250 e. The summed E-state index contributed by atoms with van der Waals surface area (Å²) in [4.78, 5) is 14.6. The van der Waals surface area contributed by atoms with Gasteiger partial charge in [-0.2, -0.15) is 0 Å². The Kier molecular flexibility index (Phi) is 3.23. The quantitative estimate of drug-likeness (QED) is 0.680. The fourth-order valence-corrected chi connectivity index (χ4v) is 2.94. The molecule has 5 N–H and O–H groups in total. The van der Waals surface area contributed by atoms with Crippen molar-refractivity contribution >= 4 is 26.8 Å². The van der Waals surface area contributed by atoms with Crippen LogP contribution in [0.4, 0.5) is 0 Å². The number of amides is 1. The fraction of sp³-hybridized carbons (Fsp3) is 0. The van der Waals surface area contributed by atoms with E-state index in [1.807, 2.05) is 12.1 Å². The number of H-pyrrole nitrogens is 1. The Balaban J connectivity index is 2.25. The van der Waals surface area contributed by atoms with E-state index in [2.05, 4.69) is 4.98 Å². The second-order valence-electron chi connectivity index (χ2n) is 4.90. The first kappa shape index (κ1) is 14.3. The number of carbonyl (C=O) groups is 1. The highest BCUT2D eigenvalue weighted by Gasteiger charge is 2.13. The van der Waals surface area contributed by atoms with Crippen molar-refractivity contribution in [2.24, 2.45) is 10.9 Å². The third kappa shape index (κ3) is 2.47. The first-order valence-electron chi connectivity index (χ1n) is 6.40. The summed E-state index contributed by atoms with van der Waals surface area (Å²) in [6.45, 7) is 0. The van der Waals surface area contributed by atoms with Crippen LogP contribution in [0.5, 0.6) is 0 Å². The van der Waals surface area contributed by atoms with Crippen LogP contribution in [0, 0.1) is 0 Å². The molecule has 7 heteroatoms. The van der Waals surface area contributed by atoms with Gasteiger partial charge in [0.05, 0.1) is 16.0 Å². The van der Waals surface area contributed by atoms with Crippen LogP contribution < -0.4 is 10.9 Å². The first-order chi connectivity index (χ1) is 10.4. The molecule has 0 saturated carbocycles. The van der Waals surface area contributed by atoms with Gasteiger partial charge in [0.15, 0.2) is 0 Å². The molecule has 0 aliphatic rings. The van der Waals surface area contributed by atoms with Crippen molar-refractivity contribution in [3.8, 4) is 11.1 Å². The summed E-state index contributed by atoms with van der Waals surface area (Å²) >= 11 is 0. The monoisotopic (exact) mass is 315 g/mol. The number of primary amides is 1. The van der Waals surface area contributed by atoms with Crippen LogP contribution >= 0.6 is 0 Å². The summed E-state index contributed by atoms with van der Waals surface area (Å²) in [6, 6.07) is 11.5. The van der Waals surface area contributed by atoms with Crippen molar-refractivity contribution in [2.45, 2.75) is 4.90 Å². The van der Waals surface area contributed by atoms with Gasteiger partial charge in [-0.3, -0.25) is 4.79 Å². The van der Waals surface area contributed by atoms with Crippen LogP contribution in [0.2, 0.25) is 0 Å². The number of carbonyl (C=O) groups excluding carboxylic acids is 1. The van der Waals surface area contributed by atoms with Gasteiger partial charge in [0.1, 0.15) is 0 Å². The number of hydrogen-bond acceptors (Lipinski definition) is 3. The molecule has 1 amide bonds. The Morgan fingerprint density at radius 1 is 1.05 bits per heavy atom. The van der Waals surface area contributed by atoms with Gasteiger partial charge in [0.25, 0.3) is 5.91 Å². The second-order valence-corrected chi connectivity index (χ2v) is 6.46. The predicted molar refractivity (Wildman–Crippen MR) is 83.6 cm³/mol. The summed E-state index contributed by atoms with van der Waals surface area (Å²) in [6.07, 6.45) is 1.71. The Morgan fingerprint density at radius 2 is 1.82 bits per heavy atom. The highest BCUT2D eigenvalue weighted by Crippen LogP contribution is 2.28. The zero-order chi connectivity index (χ0) is 15.9. The molecule has 0 bridgehead atoms.